The molecule has 8 heteroatoms. The first-order valence-electron chi connectivity index (χ1n) is 9.61. The summed E-state index contributed by atoms with van der Waals surface area (Å²) in [5.74, 6) is -0.813. The maximum atomic E-state index is 13.3. The average Bonchev–Trinajstić information content (AvgIpc) is 3.15. The number of amides is 1. The molecule has 1 amide bonds. The Labute approximate surface area is 183 Å². The van der Waals surface area contributed by atoms with Crippen molar-refractivity contribution in [1.82, 2.24) is 0 Å². The molecule has 0 N–H and O–H groups in total. The second-order valence-corrected chi connectivity index (χ2v) is 6.88. The summed E-state index contributed by atoms with van der Waals surface area (Å²) in [7, 11) is 1.31. The van der Waals surface area contributed by atoms with E-state index in [1.807, 2.05) is 30.3 Å². The van der Waals surface area contributed by atoms with Gasteiger partial charge < -0.3 is 4.74 Å². The van der Waals surface area contributed by atoms with Crippen LogP contribution in [0.15, 0.2) is 89.5 Å². The number of hydrazone groups is 1. The van der Waals surface area contributed by atoms with E-state index in [4.69, 9.17) is 4.74 Å². The van der Waals surface area contributed by atoms with E-state index in [0.29, 0.717) is 28.1 Å². The summed E-state index contributed by atoms with van der Waals surface area (Å²) in [6.07, 6.45) is 1.70. The number of nitro benzene ring substituents is 1. The number of ether oxygens (including phenoxy) is 1. The van der Waals surface area contributed by atoms with E-state index in [-0.39, 0.29) is 11.6 Å². The SMILES string of the molecule is COC(=O)c1ccc(C=C2C(=O)N(c3ccc([N+](=O)[O-])cc3)N=C2c2ccccc2)cc1. The van der Waals surface area contributed by atoms with Crippen molar-refractivity contribution in [2.75, 3.05) is 12.1 Å². The number of carbonyl (C=O) groups is 2. The molecular formula is C24H17N3O5. The van der Waals surface area contributed by atoms with Crippen LogP contribution in [0.25, 0.3) is 6.08 Å². The lowest BCUT2D eigenvalue weighted by atomic mass is 10.00. The van der Waals surface area contributed by atoms with Crippen LogP contribution in [0.2, 0.25) is 0 Å². The zero-order valence-corrected chi connectivity index (χ0v) is 17.0. The molecule has 0 aliphatic carbocycles. The van der Waals surface area contributed by atoms with Crippen LogP contribution in [0.5, 0.6) is 0 Å². The van der Waals surface area contributed by atoms with Crippen LogP contribution in [0, 0.1) is 10.1 Å². The molecule has 0 radical (unpaired) electrons. The highest BCUT2D eigenvalue weighted by Crippen LogP contribution is 2.29. The van der Waals surface area contributed by atoms with Crippen molar-refractivity contribution in [3.05, 3.63) is 111 Å². The van der Waals surface area contributed by atoms with E-state index >= 15 is 0 Å². The lowest BCUT2D eigenvalue weighted by Gasteiger charge is -2.11. The molecule has 0 saturated carbocycles. The third kappa shape index (κ3) is 4.01. The summed E-state index contributed by atoms with van der Waals surface area (Å²) in [5.41, 5.74) is 3.04. The number of methoxy groups -OCH3 is 1. The minimum absolute atomic E-state index is 0.0749. The van der Waals surface area contributed by atoms with Crippen LogP contribution < -0.4 is 5.01 Å². The fourth-order valence-corrected chi connectivity index (χ4v) is 3.24. The van der Waals surface area contributed by atoms with Gasteiger partial charge in [0.2, 0.25) is 0 Å². The largest absolute Gasteiger partial charge is 0.465 e. The number of benzene rings is 3. The smallest absolute Gasteiger partial charge is 0.337 e. The maximum Gasteiger partial charge on any atom is 0.337 e. The van der Waals surface area contributed by atoms with Crippen LogP contribution in [0.1, 0.15) is 21.5 Å². The molecule has 1 aliphatic rings. The number of hydrogen-bond acceptors (Lipinski definition) is 6. The summed E-state index contributed by atoms with van der Waals surface area (Å²) in [5, 5.41) is 16.7. The summed E-state index contributed by atoms with van der Waals surface area (Å²) in [6.45, 7) is 0. The number of carbonyl (C=O) groups excluding carboxylic acids is 2. The summed E-state index contributed by atoms with van der Waals surface area (Å²) >= 11 is 0. The van der Waals surface area contributed by atoms with Crippen LogP contribution in [-0.4, -0.2) is 29.6 Å². The van der Waals surface area contributed by atoms with Gasteiger partial charge in [-0.2, -0.15) is 10.1 Å². The van der Waals surface area contributed by atoms with Crippen molar-refractivity contribution < 1.29 is 19.2 Å². The number of non-ortho nitro benzene ring substituents is 1. The molecule has 1 aliphatic heterocycles. The number of nitrogens with zero attached hydrogens (tertiary/aromatic N) is 3. The Bertz CT molecular complexity index is 1250. The fourth-order valence-electron chi connectivity index (χ4n) is 3.24. The van der Waals surface area contributed by atoms with Gasteiger partial charge in [-0.15, -0.1) is 0 Å². The van der Waals surface area contributed by atoms with Crippen molar-refractivity contribution >= 4 is 35.0 Å². The highest BCUT2D eigenvalue weighted by atomic mass is 16.6. The van der Waals surface area contributed by atoms with Crippen LogP contribution in [0.3, 0.4) is 0 Å². The van der Waals surface area contributed by atoms with Gasteiger partial charge in [0.25, 0.3) is 11.6 Å². The van der Waals surface area contributed by atoms with Crippen LogP contribution >= 0.6 is 0 Å². The van der Waals surface area contributed by atoms with E-state index in [1.54, 1.807) is 30.3 Å². The second kappa shape index (κ2) is 8.65. The van der Waals surface area contributed by atoms with Crippen molar-refractivity contribution in [3.8, 4) is 0 Å². The Morgan fingerprint density at radius 3 is 2.25 bits per heavy atom. The highest BCUT2D eigenvalue weighted by Gasteiger charge is 2.32. The highest BCUT2D eigenvalue weighted by molar-refractivity contribution is 6.37. The van der Waals surface area contributed by atoms with Gasteiger partial charge >= 0.3 is 5.97 Å². The van der Waals surface area contributed by atoms with Gasteiger partial charge in [0, 0.05) is 17.7 Å². The molecule has 0 bridgehead atoms. The lowest BCUT2D eigenvalue weighted by Crippen LogP contribution is -2.21. The van der Waals surface area contributed by atoms with Crippen LogP contribution in [0.4, 0.5) is 11.4 Å². The van der Waals surface area contributed by atoms with Gasteiger partial charge in [-0.3, -0.25) is 14.9 Å². The predicted octanol–water partition coefficient (Wildman–Crippen LogP) is 4.22. The van der Waals surface area contributed by atoms with Crippen LogP contribution in [-0.2, 0) is 9.53 Å². The fraction of sp³-hybridized carbons (Fsp3) is 0.0417. The second-order valence-electron chi connectivity index (χ2n) is 6.88. The number of esters is 1. The Morgan fingerprint density at radius 1 is 1.00 bits per heavy atom. The zero-order chi connectivity index (χ0) is 22.7. The number of nitro groups is 1. The predicted molar refractivity (Wildman–Crippen MR) is 119 cm³/mol. The van der Waals surface area contributed by atoms with Gasteiger partial charge in [-0.05, 0) is 35.9 Å². The number of rotatable bonds is 5. The van der Waals surface area contributed by atoms with E-state index in [0.717, 1.165) is 5.56 Å². The Hall–Kier alpha value is -4.59. The molecule has 0 fully saturated rings. The molecule has 0 aromatic heterocycles. The Kier molecular flexibility index (Phi) is 5.59. The zero-order valence-electron chi connectivity index (χ0n) is 17.0. The van der Waals surface area contributed by atoms with E-state index in [9.17, 15) is 19.7 Å². The van der Waals surface area contributed by atoms with Crippen molar-refractivity contribution in [2.45, 2.75) is 0 Å². The van der Waals surface area contributed by atoms with Gasteiger partial charge in [-0.25, -0.2) is 4.79 Å². The van der Waals surface area contributed by atoms with Crippen molar-refractivity contribution in [3.63, 3.8) is 0 Å². The molecule has 0 spiro atoms. The molecule has 8 nitrogen and oxygen atoms in total. The molecule has 158 valence electrons. The standard InChI is InChI=1S/C24H17N3O5/c1-32-24(29)18-9-7-16(8-10-18)15-21-22(17-5-3-2-4-6-17)25-26(23(21)28)19-11-13-20(14-12-19)27(30)31/h2-15H,1H3. The van der Waals surface area contributed by atoms with Gasteiger partial charge in [0.15, 0.2) is 0 Å². The number of hydrogen-bond donors (Lipinski definition) is 0. The van der Waals surface area contributed by atoms with E-state index in [1.165, 1.54) is 36.4 Å². The Morgan fingerprint density at radius 2 is 1.66 bits per heavy atom. The summed E-state index contributed by atoms with van der Waals surface area (Å²) < 4.78 is 4.71. The van der Waals surface area contributed by atoms with Crippen molar-refractivity contribution in [2.24, 2.45) is 5.10 Å². The molecule has 3 aromatic carbocycles. The third-order valence-electron chi connectivity index (χ3n) is 4.87. The third-order valence-corrected chi connectivity index (χ3v) is 4.87. The molecular weight excluding hydrogens is 410 g/mol. The first-order chi connectivity index (χ1) is 15.5. The van der Waals surface area contributed by atoms with Gasteiger partial charge in [0.05, 0.1) is 28.9 Å². The molecule has 0 atom stereocenters. The normalized spacial score (nSPS) is 14.4. The molecule has 3 aromatic rings. The maximum absolute atomic E-state index is 13.3. The van der Waals surface area contributed by atoms with E-state index < -0.39 is 10.9 Å². The number of anilines is 1. The monoisotopic (exact) mass is 427 g/mol. The van der Waals surface area contributed by atoms with Gasteiger partial charge in [-0.1, -0.05) is 42.5 Å². The van der Waals surface area contributed by atoms with Crippen molar-refractivity contribution in [1.29, 1.82) is 0 Å². The topological polar surface area (TPSA) is 102 Å². The minimum atomic E-state index is -0.502. The average molecular weight is 427 g/mol. The molecule has 1 heterocycles. The molecule has 0 unspecified atom stereocenters. The Balaban J connectivity index is 1.74. The quantitative estimate of drug-likeness (QED) is 0.263. The van der Waals surface area contributed by atoms with Gasteiger partial charge in [0.1, 0.15) is 5.71 Å². The molecule has 32 heavy (non-hydrogen) atoms. The molecule has 4 rings (SSSR count). The van der Waals surface area contributed by atoms with E-state index in [2.05, 4.69) is 5.10 Å². The lowest BCUT2D eigenvalue weighted by molar-refractivity contribution is -0.384. The summed E-state index contributed by atoms with van der Waals surface area (Å²) in [6, 6.07) is 21.5. The minimum Gasteiger partial charge on any atom is -0.465 e. The summed E-state index contributed by atoms with van der Waals surface area (Å²) in [4.78, 5) is 35.4. The first kappa shape index (κ1) is 20.7. The first-order valence-corrected chi connectivity index (χ1v) is 9.61. The molecule has 0 saturated heterocycles.